The number of benzene rings is 6. The van der Waals surface area contributed by atoms with Gasteiger partial charge in [0, 0.05) is 33.3 Å². The summed E-state index contributed by atoms with van der Waals surface area (Å²) in [7, 11) is 0. The number of para-hydroxylation sites is 2. The Bertz CT molecular complexity index is 3150. The Kier molecular flexibility index (Phi) is 7.15. The minimum Gasteiger partial charge on any atom is -0.294 e. The number of pyridine rings is 2. The third-order valence-electron chi connectivity index (χ3n) is 10.3. The molecule has 54 heavy (non-hydrogen) atoms. The summed E-state index contributed by atoms with van der Waals surface area (Å²) in [6.45, 7) is 0. The molecule has 4 heterocycles. The fourth-order valence-electron chi connectivity index (χ4n) is 7.94. The molecule has 0 amide bonds. The van der Waals surface area contributed by atoms with Crippen molar-refractivity contribution >= 4 is 43.7 Å². The molecule has 6 heteroatoms. The number of hydrogen-bond donors (Lipinski definition) is 0. The molecular formula is C48H28N6. The van der Waals surface area contributed by atoms with Crippen LogP contribution in [-0.2, 0) is 0 Å². The van der Waals surface area contributed by atoms with Crippen molar-refractivity contribution in [3.8, 4) is 57.2 Å². The van der Waals surface area contributed by atoms with Gasteiger partial charge in [-0.25, -0.2) is 9.97 Å². The Morgan fingerprint density at radius 1 is 0.426 bits per heavy atom. The van der Waals surface area contributed by atoms with Gasteiger partial charge in [-0.15, -0.1) is 0 Å². The Morgan fingerprint density at radius 2 is 0.963 bits per heavy atom. The second-order valence-electron chi connectivity index (χ2n) is 13.2. The maximum Gasteiger partial charge on any atom is 0.146 e. The van der Waals surface area contributed by atoms with Gasteiger partial charge in [0.2, 0.25) is 0 Å². The average Bonchev–Trinajstić information content (AvgIpc) is 3.76. The van der Waals surface area contributed by atoms with E-state index in [0.29, 0.717) is 11.1 Å². The fourth-order valence-corrected chi connectivity index (χ4v) is 7.94. The van der Waals surface area contributed by atoms with E-state index in [-0.39, 0.29) is 0 Å². The highest BCUT2D eigenvalue weighted by atomic mass is 15.2. The molecular weight excluding hydrogens is 661 g/mol. The molecule has 10 aromatic rings. The van der Waals surface area contributed by atoms with E-state index in [1.54, 1.807) is 0 Å². The van der Waals surface area contributed by atoms with Crippen LogP contribution in [0.1, 0.15) is 11.1 Å². The zero-order chi connectivity index (χ0) is 36.2. The van der Waals surface area contributed by atoms with Gasteiger partial charge in [0.1, 0.15) is 17.3 Å². The van der Waals surface area contributed by atoms with Crippen molar-refractivity contribution in [1.29, 1.82) is 10.5 Å². The van der Waals surface area contributed by atoms with E-state index < -0.39 is 0 Å². The lowest BCUT2D eigenvalue weighted by Gasteiger charge is -2.18. The molecule has 6 nitrogen and oxygen atoms in total. The smallest absolute Gasteiger partial charge is 0.146 e. The van der Waals surface area contributed by atoms with Crippen LogP contribution in [0.3, 0.4) is 0 Å². The molecule has 0 N–H and O–H groups in total. The minimum absolute atomic E-state index is 0.606. The summed E-state index contributed by atoms with van der Waals surface area (Å²) < 4.78 is 4.35. The molecule has 10 rings (SSSR count). The molecule has 4 aromatic heterocycles. The van der Waals surface area contributed by atoms with Crippen LogP contribution >= 0.6 is 0 Å². The first-order valence-corrected chi connectivity index (χ1v) is 17.7. The van der Waals surface area contributed by atoms with E-state index in [2.05, 4.69) is 106 Å². The van der Waals surface area contributed by atoms with Gasteiger partial charge in [-0.1, -0.05) is 103 Å². The van der Waals surface area contributed by atoms with Gasteiger partial charge in [0.05, 0.1) is 39.8 Å². The second-order valence-corrected chi connectivity index (χ2v) is 13.2. The lowest BCUT2D eigenvalue weighted by molar-refractivity contribution is 1.00. The number of aromatic nitrogens is 4. The van der Waals surface area contributed by atoms with Crippen LogP contribution in [0.15, 0.2) is 170 Å². The molecule has 0 atom stereocenters. The van der Waals surface area contributed by atoms with Crippen LogP contribution in [0.2, 0.25) is 0 Å². The molecule has 6 aromatic carbocycles. The molecule has 0 aliphatic carbocycles. The second kappa shape index (κ2) is 12.5. The highest BCUT2D eigenvalue weighted by molar-refractivity contribution is 6.10. The molecule has 0 saturated carbocycles. The summed E-state index contributed by atoms with van der Waals surface area (Å²) in [4.78, 5) is 10.4. The first kappa shape index (κ1) is 31.0. The molecule has 0 unspecified atom stereocenters. The number of nitriles is 2. The highest BCUT2D eigenvalue weighted by Crippen LogP contribution is 2.41. The average molecular weight is 689 g/mol. The normalized spacial score (nSPS) is 11.3. The lowest BCUT2D eigenvalue weighted by atomic mass is 9.88. The highest BCUT2D eigenvalue weighted by Gasteiger charge is 2.21. The Hall–Kier alpha value is -7.80. The van der Waals surface area contributed by atoms with Crippen molar-refractivity contribution in [2.45, 2.75) is 0 Å². The Morgan fingerprint density at radius 3 is 1.69 bits per heavy atom. The first-order valence-electron chi connectivity index (χ1n) is 17.7. The van der Waals surface area contributed by atoms with E-state index >= 15 is 0 Å². The summed E-state index contributed by atoms with van der Waals surface area (Å²) >= 11 is 0. The maximum atomic E-state index is 10.1. The molecule has 0 aliphatic rings. The van der Waals surface area contributed by atoms with Gasteiger partial charge < -0.3 is 0 Å². The van der Waals surface area contributed by atoms with Crippen molar-refractivity contribution < 1.29 is 0 Å². The number of nitrogens with zero attached hydrogens (tertiary/aromatic N) is 6. The third-order valence-corrected chi connectivity index (χ3v) is 10.3. The molecule has 0 spiro atoms. The summed E-state index contributed by atoms with van der Waals surface area (Å²) in [6, 6.07) is 60.0. The van der Waals surface area contributed by atoms with Gasteiger partial charge in [-0.05, 0) is 88.5 Å². The molecule has 0 radical (unpaired) electrons. The monoisotopic (exact) mass is 688 g/mol. The SMILES string of the molecule is N#Cc1ccc2c(c1)c1ccccc1n2-c1cc(-c2ccccc2-c2ccccc2-c2ccccc2C#N)cc(-n2c3ccccc3c3cccnc32)n1. The maximum absolute atomic E-state index is 10.1. The number of rotatable bonds is 5. The van der Waals surface area contributed by atoms with Crippen molar-refractivity contribution in [2.75, 3.05) is 0 Å². The topological polar surface area (TPSA) is 83.2 Å². The Balaban J connectivity index is 1.30. The lowest BCUT2D eigenvalue weighted by Crippen LogP contribution is -2.05. The predicted octanol–water partition coefficient (Wildman–Crippen LogP) is 11.4. The minimum atomic E-state index is 0.606. The molecule has 0 bridgehead atoms. The molecule has 0 saturated heterocycles. The summed E-state index contributed by atoms with van der Waals surface area (Å²) in [5.74, 6) is 1.46. The van der Waals surface area contributed by atoms with Crippen molar-refractivity contribution in [3.05, 3.63) is 181 Å². The van der Waals surface area contributed by atoms with Crippen LogP contribution < -0.4 is 0 Å². The van der Waals surface area contributed by atoms with Gasteiger partial charge in [-0.3, -0.25) is 9.13 Å². The zero-order valence-electron chi connectivity index (χ0n) is 28.8. The van der Waals surface area contributed by atoms with Crippen LogP contribution in [0.4, 0.5) is 0 Å². The number of fused-ring (bicyclic) bond motifs is 6. The molecule has 0 aliphatic heterocycles. The van der Waals surface area contributed by atoms with Crippen LogP contribution in [0.25, 0.3) is 88.8 Å². The van der Waals surface area contributed by atoms with Gasteiger partial charge >= 0.3 is 0 Å². The van der Waals surface area contributed by atoms with E-state index in [1.807, 2.05) is 85.1 Å². The van der Waals surface area contributed by atoms with Gasteiger partial charge in [-0.2, -0.15) is 10.5 Å². The largest absolute Gasteiger partial charge is 0.294 e. The van der Waals surface area contributed by atoms with E-state index in [9.17, 15) is 10.5 Å². The summed E-state index contributed by atoms with van der Waals surface area (Å²) in [6.07, 6.45) is 1.83. The predicted molar refractivity (Wildman–Crippen MR) is 216 cm³/mol. The zero-order valence-corrected chi connectivity index (χ0v) is 28.8. The van der Waals surface area contributed by atoms with Crippen molar-refractivity contribution in [3.63, 3.8) is 0 Å². The first-order chi connectivity index (χ1) is 26.7. The molecule has 250 valence electrons. The van der Waals surface area contributed by atoms with Crippen molar-refractivity contribution in [2.24, 2.45) is 0 Å². The van der Waals surface area contributed by atoms with Crippen LogP contribution in [0, 0.1) is 22.7 Å². The fraction of sp³-hybridized carbons (Fsp3) is 0. The van der Waals surface area contributed by atoms with Gasteiger partial charge in [0.25, 0.3) is 0 Å². The van der Waals surface area contributed by atoms with E-state index in [1.165, 1.54) is 0 Å². The summed E-state index contributed by atoms with van der Waals surface area (Å²) in [5, 5.41) is 24.1. The van der Waals surface area contributed by atoms with Crippen LogP contribution in [-0.4, -0.2) is 19.1 Å². The van der Waals surface area contributed by atoms with Gasteiger partial charge in [0.15, 0.2) is 0 Å². The van der Waals surface area contributed by atoms with Crippen molar-refractivity contribution in [1.82, 2.24) is 19.1 Å². The summed E-state index contributed by atoms with van der Waals surface area (Å²) in [5.41, 5.74) is 10.9. The van der Waals surface area contributed by atoms with E-state index in [4.69, 9.17) is 9.97 Å². The third kappa shape index (κ3) is 4.79. The van der Waals surface area contributed by atoms with Crippen LogP contribution in [0.5, 0.6) is 0 Å². The Labute approximate surface area is 310 Å². The standard InChI is InChI=1S/C48H28N6/c49-29-31-23-24-45-42(26-31)40-19-8-9-21-43(40)53(45)46-27-33(28-47(52-46)54-44-22-10-7-18-39(44)41-20-11-25-51-48(41)54)35-14-3-4-16-37(35)38-17-6-5-15-36(38)34-13-2-1-12-32(34)30-50/h1-28H. The molecule has 0 fully saturated rings. The van der Waals surface area contributed by atoms with E-state index in [0.717, 1.165) is 88.8 Å². The number of hydrogen-bond acceptors (Lipinski definition) is 4. The quantitative estimate of drug-likeness (QED) is 0.180.